The highest BCUT2D eigenvalue weighted by atomic mass is 35.5. The number of hydrogen-bond donors (Lipinski definition) is 8. The van der Waals surface area contributed by atoms with Crippen molar-refractivity contribution in [2.24, 2.45) is 11.5 Å². The Hall–Kier alpha value is -15.0. The molecule has 12 heterocycles. The van der Waals surface area contributed by atoms with E-state index in [-0.39, 0.29) is 67.9 Å². The van der Waals surface area contributed by atoms with Crippen LogP contribution in [0, 0.1) is 0 Å². The van der Waals surface area contributed by atoms with Crippen LogP contribution in [0.2, 0.25) is 35.2 Å². The van der Waals surface area contributed by atoms with Gasteiger partial charge in [0.2, 0.25) is 11.8 Å². The average molecular weight is 2230 g/mol. The van der Waals surface area contributed by atoms with Crippen molar-refractivity contribution in [3.63, 3.8) is 0 Å². The van der Waals surface area contributed by atoms with Crippen molar-refractivity contribution in [3.05, 3.63) is 382 Å². The maximum atomic E-state index is 12.4. The van der Waals surface area contributed by atoms with Crippen LogP contribution in [-0.2, 0) is 24.9 Å². The second kappa shape index (κ2) is 49.0. The number of hydrogen-bond acceptors (Lipinski definition) is 30. The Kier molecular flexibility index (Phi) is 35.0. The normalized spacial score (nSPS) is 11.2. The number of rotatable bonds is 26. The number of amides is 2. The number of H-pyrrole nitrogens is 6. The molecule has 148 heavy (non-hydrogen) atoms. The Morgan fingerprint density at radius 1 is 0.311 bits per heavy atom. The smallest absolute Gasteiger partial charge is 0.316 e. The summed E-state index contributed by atoms with van der Waals surface area (Å²) >= 11 is 48.9. The third-order valence-corrected chi connectivity index (χ3v) is 27.7. The molecule has 0 spiro atoms. The van der Waals surface area contributed by atoms with E-state index in [4.69, 9.17) is 92.7 Å². The SMILES string of the molecule is CC(Sc1nc2c(cnn2-c2ccccc2)c(=O)[nH]1)C(N)=O.COC(=O)CSc1nc2c(cnn2-c2cccc(Cl)c2)c(=O)[nH]1.NC(=O)CSc1nc2c(cnn2-c2cccc(Cl)c2)c(=O)[nH]1.O=C(CSc1nc2c(cnn2-c2cccc(Cl)c2)c(=O)[nH]1)c1ccc(Cl)cc1.O=C(CSc1nc2c(cnn2-c2cccc(Cl)c2)c(=O)[nH]1)c1ccccc1.O=c1[nH]c(SCc2ccc(Cl)cc2)nc2c1cnn2-c1cccc(Cl)c1. The Bertz CT molecular complexity index is 8940. The first-order chi connectivity index (χ1) is 71.4. The number of thioether (sulfide) groups is 6. The topological polar surface area (TPSA) is 528 Å². The Labute approximate surface area is 893 Å². The van der Waals surface area contributed by atoms with Gasteiger partial charge in [0.05, 0.1) is 107 Å². The van der Waals surface area contributed by atoms with Gasteiger partial charge in [-0.15, -0.1) is 0 Å². The van der Waals surface area contributed by atoms with Gasteiger partial charge < -0.3 is 46.1 Å². The van der Waals surface area contributed by atoms with Crippen LogP contribution in [0.1, 0.15) is 33.2 Å². The zero-order chi connectivity index (χ0) is 104. The number of ketones is 2. The first-order valence-electron chi connectivity index (χ1n) is 43.2. The van der Waals surface area contributed by atoms with Crippen molar-refractivity contribution in [1.29, 1.82) is 0 Å². The minimum atomic E-state index is -0.492. The van der Waals surface area contributed by atoms with Crippen LogP contribution in [-0.4, -0.2) is 183 Å². The number of methoxy groups -OCH3 is 1. The number of ether oxygens (including phenoxy) is 1. The molecule has 51 heteroatoms. The number of carbonyl (C=O) groups is 5. The molecule has 746 valence electrons. The predicted molar refractivity (Wildman–Crippen MR) is 578 cm³/mol. The van der Waals surface area contributed by atoms with E-state index in [0.717, 1.165) is 64.0 Å². The summed E-state index contributed by atoms with van der Waals surface area (Å²) in [5, 5.41) is 33.4. The van der Waals surface area contributed by atoms with Crippen molar-refractivity contribution in [2.75, 3.05) is 30.1 Å². The van der Waals surface area contributed by atoms with E-state index in [1.807, 2.05) is 103 Å². The van der Waals surface area contributed by atoms with Crippen molar-refractivity contribution in [2.45, 2.75) is 48.9 Å². The molecule has 21 aromatic rings. The standard InChI is InChI=1S/C19H12Cl2N4O2S.C19H13ClN4O2S.C18H12Cl2N4OS.C14H11ClN4O3S.C14H13N5O2S.C13H10ClN5O2S/c20-12-6-4-11(5-7-12)16(26)10-28-19-23-17-15(18(27)24-19)9-22-25(17)14-3-1-2-13(21)8-14;20-13-7-4-8-14(9-13)24-17-15(10-21-24)18(26)23-19(22-17)27-11-16(25)12-5-2-1-3-6-12;19-12-6-4-11(5-7-12)10-26-18-22-16-15(17(25)23-18)9-21-24(16)14-3-1-2-13(20)8-14;1-22-11(20)7-23-14-17-12-10(13(21)18-14)6-16-19(12)9-4-2-3-8(15)5-9;1-8(11(15)20)22-14-17-12-10(13(21)18-14)7-16-19(12)9-5-3-2-4-6-9;14-7-2-1-3-8(4-7)19-11-9(5-16-19)12(21)18-13(17-11)22-6-10(15)20/h1-9H,10H2,(H,23,24,27);1-10H,11H2,(H,22,23,26);1-9H,10H2,(H,22,23,25);2-6H,7H2,1H3,(H,17,18,21);2-8H,1H3,(H2,15,20)(H,17,18,21);1-5H,6H2,(H2,15,20)(H,17,18,21). The van der Waals surface area contributed by atoms with E-state index in [1.165, 1.54) is 77.2 Å². The van der Waals surface area contributed by atoms with Gasteiger partial charge in [0, 0.05) is 52.0 Å². The molecule has 0 saturated carbocycles. The average Bonchev–Trinajstić information content (AvgIpc) is 1.66. The summed E-state index contributed by atoms with van der Waals surface area (Å²) in [6.45, 7) is 1.66. The Balaban J connectivity index is 0.000000127. The van der Waals surface area contributed by atoms with Crippen molar-refractivity contribution >= 4 is 247 Å². The van der Waals surface area contributed by atoms with Crippen LogP contribution in [0.5, 0.6) is 0 Å². The molecule has 0 fully saturated rings. The largest absolute Gasteiger partial charge is 0.468 e. The molecule has 1 atom stereocenters. The lowest BCUT2D eigenvalue weighted by Gasteiger charge is -2.07. The number of esters is 1. The molecular formula is C97H71Cl7N26O12S6. The lowest BCUT2D eigenvalue weighted by Crippen LogP contribution is -2.23. The number of nitrogens with zero attached hydrogens (tertiary/aromatic N) is 18. The van der Waals surface area contributed by atoms with Crippen molar-refractivity contribution in [3.8, 4) is 34.1 Å². The Morgan fingerprint density at radius 2 is 0.574 bits per heavy atom. The molecule has 2 amide bonds. The fourth-order valence-electron chi connectivity index (χ4n) is 13.5. The van der Waals surface area contributed by atoms with E-state index in [2.05, 4.69) is 95.1 Å². The number of halogens is 7. The second-order valence-electron chi connectivity index (χ2n) is 30.7. The summed E-state index contributed by atoms with van der Waals surface area (Å²) in [5.74, 6) is -0.445. The van der Waals surface area contributed by atoms with E-state index in [0.29, 0.717) is 172 Å². The number of carbonyl (C=O) groups excluding carboxylic acids is 5. The van der Waals surface area contributed by atoms with Gasteiger partial charge in [-0.1, -0.05) is 243 Å². The number of benzene rings is 9. The van der Waals surface area contributed by atoms with Gasteiger partial charge in [0.25, 0.3) is 33.4 Å². The highest BCUT2D eigenvalue weighted by Gasteiger charge is 2.23. The predicted octanol–water partition coefficient (Wildman–Crippen LogP) is 17.3. The first-order valence-corrected chi connectivity index (χ1v) is 51.7. The molecule has 0 aliphatic rings. The summed E-state index contributed by atoms with van der Waals surface area (Å²) in [6, 6.07) is 68.2. The molecule has 12 aromatic heterocycles. The molecule has 0 radical (unpaired) electrons. The molecule has 9 aromatic carbocycles. The molecule has 10 N–H and O–H groups in total. The quantitative estimate of drug-likeness (QED) is 0.0108. The van der Waals surface area contributed by atoms with Crippen LogP contribution in [0.25, 0.3) is 100 Å². The van der Waals surface area contributed by atoms with Gasteiger partial charge in [-0.25, -0.2) is 58.0 Å². The first kappa shape index (κ1) is 106. The summed E-state index contributed by atoms with van der Waals surface area (Å²) in [7, 11) is 1.30. The van der Waals surface area contributed by atoms with E-state index >= 15 is 0 Å². The number of para-hydroxylation sites is 1. The number of aromatic nitrogens is 24. The molecule has 0 aliphatic heterocycles. The lowest BCUT2D eigenvalue weighted by molar-refractivity contribution is -0.137. The summed E-state index contributed by atoms with van der Waals surface area (Å²) in [5.41, 5.74) is 17.6. The van der Waals surface area contributed by atoms with Gasteiger partial charge in [-0.05, 0) is 152 Å². The second-order valence-corrected chi connectivity index (χ2v) is 39.9. The minimum absolute atomic E-state index is 0.0275. The molecule has 38 nitrogen and oxygen atoms in total. The van der Waals surface area contributed by atoms with Gasteiger partial charge in [-0.2, -0.15) is 30.6 Å². The van der Waals surface area contributed by atoms with E-state index < -0.39 is 23.0 Å². The van der Waals surface area contributed by atoms with Crippen molar-refractivity contribution in [1.82, 2.24) is 118 Å². The van der Waals surface area contributed by atoms with Crippen LogP contribution < -0.4 is 44.8 Å². The van der Waals surface area contributed by atoms with Crippen LogP contribution in [0.3, 0.4) is 0 Å². The highest BCUT2D eigenvalue weighted by molar-refractivity contribution is 8.01. The number of fused-ring (bicyclic) bond motifs is 6. The third-order valence-electron chi connectivity index (χ3n) is 20.6. The van der Waals surface area contributed by atoms with Gasteiger partial charge >= 0.3 is 5.97 Å². The number of nitrogens with two attached hydrogens (primary N) is 2. The highest BCUT2D eigenvalue weighted by Crippen LogP contribution is 2.31. The number of nitrogens with one attached hydrogen (secondary N) is 6. The fraction of sp³-hybridized carbons (Fsp3) is 0.0825. The van der Waals surface area contributed by atoms with Crippen LogP contribution in [0.15, 0.2) is 327 Å². The molecular weight excluding hydrogens is 2160 g/mol. The minimum Gasteiger partial charge on any atom is -0.468 e. The van der Waals surface area contributed by atoms with Gasteiger partial charge in [0.15, 0.2) is 76.4 Å². The van der Waals surface area contributed by atoms with Gasteiger partial charge in [-0.3, -0.25) is 52.7 Å². The molecule has 0 saturated heterocycles. The molecule has 21 rings (SSSR count). The number of Topliss-reactive ketones (excluding diaryl/α,β-unsaturated/α-hetero) is 2. The summed E-state index contributed by atoms with van der Waals surface area (Å²) in [6.07, 6.45) is 8.78. The molecule has 0 bridgehead atoms. The molecule has 1 unspecified atom stereocenters. The summed E-state index contributed by atoms with van der Waals surface area (Å²) < 4.78 is 13.9. The number of aromatic amines is 6. The third kappa shape index (κ3) is 26.7. The van der Waals surface area contributed by atoms with Crippen LogP contribution in [0.4, 0.5) is 0 Å². The van der Waals surface area contributed by atoms with Crippen molar-refractivity contribution < 1.29 is 28.7 Å². The maximum Gasteiger partial charge on any atom is 0.316 e. The zero-order valence-electron chi connectivity index (χ0n) is 76.2. The lowest BCUT2D eigenvalue weighted by atomic mass is 10.1. The molecule has 0 aliphatic carbocycles. The van der Waals surface area contributed by atoms with Crippen LogP contribution >= 0.6 is 152 Å². The Morgan fingerprint density at radius 3 is 0.878 bits per heavy atom. The monoisotopic (exact) mass is 2230 g/mol. The summed E-state index contributed by atoms with van der Waals surface area (Å²) in [4.78, 5) is 174. The fourth-order valence-corrected chi connectivity index (χ4v) is 19.0. The van der Waals surface area contributed by atoms with E-state index in [9.17, 15) is 52.7 Å². The number of primary amides is 2. The zero-order valence-corrected chi connectivity index (χ0v) is 86.4. The van der Waals surface area contributed by atoms with E-state index in [1.54, 1.807) is 153 Å². The maximum absolute atomic E-state index is 12.4. The van der Waals surface area contributed by atoms with Gasteiger partial charge in [0.1, 0.15) is 32.3 Å².